The number of rotatable bonds is 8. The molecule has 0 spiro atoms. The topological polar surface area (TPSA) is 163 Å². The van der Waals surface area contributed by atoms with Gasteiger partial charge in [-0.25, -0.2) is 5.43 Å². The second-order valence-electron chi connectivity index (χ2n) is 6.97. The number of anilines is 1. The summed E-state index contributed by atoms with van der Waals surface area (Å²) >= 11 is 0. The number of carbonyl (C=O) groups excluding carboxylic acids is 1. The largest absolute Gasteiger partial charge is 0.493 e. The first kappa shape index (κ1) is 24.2. The van der Waals surface area contributed by atoms with E-state index < -0.39 is 20.9 Å². The van der Waals surface area contributed by atoms with Crippen LogP contribution in [0.5, 0.6) is 11.5 Å². The van der Waals surface area contributed by atoms with Gasteiger partial charge in [-0.15, -0.1) is 0 Å². The normalized spacial score (nSPS) is 11.2. The molecule has 1 amide bonds. The molecule has 0 saturated heterocycles. The molecule has 0 aliphatic heterocycles. The molecule has 0 heterocycles. The fourth-order valence-corrected chi connectivity index (χ4v) is 3.77. The molecule has 11 nitrogen and oxygen atoms in total. The number of aryl methyl sites for hydroxylation is 1. The minimum atomic E-state index is -4.38. The Bertz CT molecular complexity index is 1370. The summed E-state index contributed by atoms with van der Waals surface area (Å²) in [4.78, 5) is 22.2. The summed E-state index contributed by atoms with van der Waals surface area (Å²) < 4.78 is 35.7. The van der Waals surface area contributed by atoms with Crippen molar-refractivity contribution in [2.45, 2.75) is 11.8 Å². The lowest BCUT2D eigenvalue weighted by Gasteiger charge is -2.11. The maximum Gasteiger partial charge on any atom is 0.339 e. The number of carbonyl (C=O) groups is 1. The van der Waals surface area contributed by atoms with Crippen LogP contribution >= 0.6 is 0 Å². The molecular weight excluding hydrogens is 464 g/mol. The van der Waals surface area contributed by atoms with E-state index in [0.29, 0.717) is 22.4 Å². The summed E-state index contributed by atoms with van der Waals surface area (Å²) in [6.07, 6.45) is 1.33. The minimum absolute atomic E-state index is 0.0685. The molecule has 0 bridgehead atoms. The van der Waals surface area contributed by atoms with E-state index in [2.05, 4.69) is 10.5 Å². The molecule has 3 aromatic rings. The lowest BCUT2D eigenvalue weighted by molar-refractivity contribution is -0.385. The van der Waals surface area contributed by atoms with Crippen molar-refractivity contribution in [1.82, 2.24) is 5.43 Å². The third kappa shape index (κ3) is 5.66. The number of hydrogen-bond donors (Lipinski definition) is 2. The molecule has 0 saturated carbocycles. The molecular formula is C22H20N4O7S. The van der Waals surface area contributed by atoms with Crippen LogP contribution in [-0.2, 0) is 10.1 Å². The van der Waals surface area contributed by atoms with Gasteiger partial charge in [-0.1, -0.05) is 6.07 Å². The molecule has 0 radical (unpaired) electrons. The zero-order valence-corrected chi connectivity index (χ0v) is 18.9. The number of nitro groups is 1. The average Bonchev–Trinajstić information content (AvgIpc) is 2.80. The Balaban J connectivity index is 1.76. The van der Waals surface area contributed by atoms with E-state index in [0.717, 1.165) is 6.07 Å². The van der Waals surface area contributed by atoms with Crippen molar-refractivity contribution in [1.29, 1.82) is 0 Å². The van der Waals surface area contributed by atoms with Gasteiger partial charge in [-0.2, -0.15) is 13.5 Å². The second-order valence-corrected chi connectivity index (χ2v) is 8.52. The number of hydrogen-bond acceptors (Lipinski definition) is 9. The van der Waals surface area contributed by atoms with Crippen molar-refractivity contribution in [2.75, 3.05) is 12.8 Å². The highest BCUT2D eigenvalue weighted by molar-refractivity contribution is 7.87. The first-order valence-corrected chi connectivity index (χ1v) is 11.1. The summed E-state index contributed by atoms with van der Waals surface area (Å²) in [6.45, 7) is 1.50. The van der Waals surface area contributed by atoms with E-state index in [1.165, 1.54) is 50.6 Å². The van der Waals surface area contributed by atoms with E-state index >= 15 is 0 Å². The standard InChI is InChI=1S/C22H20N4O7S/c1-14-3-9-18(12-19(14)26(28)29)34(30,31)33-20-10-4-15(11-21(20)32-2)13-24-25-22(27)16-5-7-17(23)8-6-16/h3-13H,23H2,1-2H3,(H,25,27)/b24-13+. The van der Waals surface area contributed by atoms with E-state index in [1.807, 2.05) is 0 Å². The molecule has 176 valence electrons. The van der Waals surface area contributed by atoms with Gasteiger partial charge in [-0.3, -0.25) is 14.9 Å². The summed E-state index contributed by atoms with van der Waals surface area (Å²) in [5, 5.41) is 15.0. The van der Waals surface area contributed by atoms with E-state index in [9.17, 15) is 23.3 Å². The average molecular weight is 484 g/mol. The highest BCUT2D eigenvalue weighted by Gasteiger charge is 2.23. The SMILES string of the molecule is COc1cc(/C=N/NC(=O)c2ccc(N)cc2)ccc1OS(=O)(=O)c1ccc(C)c([N+](=O)[O-])c1. The molecule has 0 unspecified atom stereocenters. The Hall–Kier alpha value is -4.45. The maximum absolute atomic E-state index is 12.7. The zero-order valence-electron chi connectivity index (χ0n) is 18.1. The van der Waals surface area contributed by atoms with Gasteiger partial charge in [0.1, 0.15) is 4.90 Å². The Morgan fingerprint density at radius 3 is 2.44 bits per heavy atom. The number of ether oxygens (including phenoxy) is 1. The van der Waals surface area contributed by atoms with Crippen molar-refractivity contribution in [3.8, 4) is 11.5 Å². The summed E-state index contributed by atoms with van der Waals surface area (Å²) in [5.41, 5.74) is 9.30. The van der Waals surface area contributed by atoms with Gasteiger partial charge in [0.2, 0.25) is 0 Å². The number of amides is 1. The molecule has 34 heavy (non-hydrogen) atoms. The van der Waals surface area contributed by atoms with Crippen molar-refractivity contribution in [3.63, 3.8) is 0 Å². The molecule has 0 atom stereocenters. The smallest absolute Gasteiger partial charge is 0.339 e. The molecule has 0 aliphatic carbocycles. The van der Waals surface area contributed by atoms with Crippen LogP contribution in [0.15, 0.2) is 70.7 Å². The first-order chi connectivity index (χ1) is 16.1. The van der Waals surface area contributed by atoms with Gasteiger partial charge in [0, 0.05) is 22.9 Å². The second kappa shape index (κ2) is 10.0. The Morgan fingerprint density at radius 1 is 1.09 bits per heavy atom. The number of nitrogen functional groups attached to an aromatic ring is 1. The van der Waals surface area contributed by atoms with Gasteiger partial charge in [0.25, 0.3) is 11.6 Å². The van der Waals surface area contributed by atoms with Crippen molar-refractivity contribution in [3.05, 3.63) is 87.5 Å². The van der Waals surface area contributed by atoms with Crippen LogP contribution in [0.1, 0.15) is 21.5 Å². The molecule has 0 fully saturated rings. The third-order valence-corrected chi connectivity index (χ3v) is 5.84. The number of methoxy groups -OCH3 is 1. The van der Waals surface area contributed by atoms with Crippen molar-refractivity contribution >= 4 is 33.6 Å². The van der Waals surface area contributed by atoms with E-state index in [-0.39, 0.29) is 22.1 Å². The van der Waals surface area contributed by atoms with Gasteiger partial charge in [0.15, 0.2) is 11.5 Å². The van der Waals surface area contributed by atoms with Gasteiger partial charge >= 0.3 is 10.1 Å². The molecule has 3 N–H and O–H groups in total. The van der Waals surface area contributed by atoms with Crippen LogP contribution in [0.25, 0.3) is 0 Å². The number of nitrogens with one attached hydrogen (secondary N) is 1. The minimum Gasteiger partial charge on any atom is -0.493 e. The number of hydrazone groups is 1. The third-order valence-electron chi connectivity index (χ3n) is 4.61. The highest BCUT2D eigenvalue weighted by atomic mass is 32.2. The molecule has 3 aromatic carbocycles. The number of benzene rings is 3. The lowest BCUT2D eigenvalue weighted by atomic mass is 10.2. The summed E-state index contributed by atoms with van der Waals surface area (Å²) in [5.74, 6) is -0.505. The van der Waals surface area contributed by atoms with Crippen molar-refractivity contribution in [2.24, 2.45) is 5.10 Å². The maximum atomic E-state index is 12.7. The summed E-state index contributed by atoms with van der Waals surface area (Å²) in [7, 11) is -3.06. The Labute approximate surface area is 195 Å². The molecule has 0 aromatic heterocycles. The molecule has 12 heteroatoms. The van der Waals surface area contributed by atoms with Crippen LogP contribution < -0.4 is 20.1 Å². The summed E-state index contributed by atoms with van der Waals surface area (Å²) in [6, 6.07) is 14.0. The molecule has 3 rings (SSSR count). The van der Waals surface area contributed by atoms with Gasteiger partial charge in [0.05, 0.1) is 18.2 Å². The number of nitro benzene ring substituents is 1. The van der Waals surface area contributed by atoms with Crippen LogP contribution in [-0.4, -0.2) is 32.6 Å². The lowest BCUT2D eigenvalue weighted by Crippen LogP contribution is -2.17. The monoisotopic (exact) mass is 484 g/mol. The van der Waals surface area contributed by atoms with Gasteiger partial charge in [-0.05, 0) is 61.0 Å². The van der Waals surface area contributed by atoms with E-state index in [4.69, 9.17) is 14.7 Å². The zero-order chi connectivity index (χ0) is 24.9. The number of nitrogens with zero attached hydrogens (tertiary/aromatic N) is 2. The fraction of sp³-hybridized carbons (Fsp3) is 0.0909. The highest BCUT2D eigenvalue weighted by Crippen LogP contribution is 2.31. The van der Waals surface area contributed by atoms with E-state index in [1.54, 1.807) is 24.3 Å². The quantitative estimate of drug-likeness (QED) is 0.162. The Morgan fingerprint density at radius 2 is 1.79 bits per heavy atom. The van der Waals surface area contributed by atoms with Crippen LogP contribution in [0.4, 0.5) is 11.4 Å². The van der Waals surface area contributed by atoms with Crippen LogP contribution in [0.3, 0.4) is 0 Å². The van der Waals surface area contributed by atoms with Crippen LogP contribution in [0, 0.1) is 17.0 Å². The van der Waals surface area contributed by atoms with Crippen LogP contribution in [0.2, 0.25) is 0 Å². The van der Waals surface area contributed by atoms with Gasteiger partial charge < -0.3 is 14.7 Å². The molecule has 0 aliphatic rings. The predicted octanol–water partition coefficient (Wildman–Crippen LogP) is 3.03. The van der Waals surface area contributed by atoms with Crippen molar-refractivity contribution < 1.29 is 27.1 Å². The predicted molar refractivity (Wildman–Crippen MR) is 125 cm³/mol. The Kier molecular flexibility index (Phi) is 7.12. The fourth-order valence-electron chi connectivity index (χ4n) is 2.81. The first-order valence-electron chi connectivity index (χ1n) is 9.67. The number of nitrogens with two attached hydrogens (primary N) is 1.